The Hall–Kier alpha value is -2.47. The van der Waals surface area contributed by atoms with Crippen molar-refractivity contribution in [3.63, 3.8) is 0 Å². The quantitative estimate of drug-likeness (QED) is 0.913. The summed E-state index contributed by atoms with van der Waals surface area (Å²) in [6, 6.07) is 9.31. The number of ether oxygens (including phenoxy) is 1. The Bertz CT molecular complexity index is 749. The summed E-state index contributed by atoms with van der Waals surface area (Å²) in [5.41, 5.74) is 0.419. The van der Waals surface area contributed by atoms with E-state index in [2.05, 4.69) is 4.98 Å². The van der Waals surface area contributed by atoms with Gasteiger partial charge in [0.1, 0.15) is 23.8 Å². The molecule has 0 bridgehead atoms. The molecule has 1 unspecified atom stereocenters. The fourth-order valence-electron chi connectivity index (χ4n) is 3.05. The molecule has 138 valence electrons. The summed E-state index contributed by atoms with van der Waals surface area (Å²) in [5, 5.41) is 10.8. The van der Waals surface area contributed by atoms with E-state index in [1.165, 1.54) is 24.3 Å². The summed E-state index contributed by atoms with van der Waals surface area (Å²) in [6.07, 6.45) is 3.25. The Morgan fingerprint density at radius 1 is 1.23 bits per heavy atom. The Kier molecular flexibility index (Phi) is 5.52. The van der Waals surface area contributed by atoms with Crippen molar-refractivity contribution >= 4 is 5.91 Å². The number of pyridine rings is 1. The fraction of sp³-hybridized carbons (Fsp3) is 0.400. The SMILES string of the molecule is Cc1ccc(C(=O)N2CCCC(O)(COc3ccc(F)cc3)CC2)cn1. The van der Waals surface area contributed by atoms with E-state index in [1.807, 2.05) is 13.0 Å². The van der Waals surface area contributed by atoms with E-state index in [4.69, 9.17) is 4.74 Å². The third-order valence-electron chi connectivity index (χ3n) is 4.68. The predicted molar refractivity (Wildman–Crippen MR) is 95.6 cm³/mol. The van der Waals surface area contributed by atoms with Crippen molar-refractivity contribution in [3.05, 3.63) is 59.7 Å². The van der Waals surface area contributed by atoms with E-state index in [-0.39, 0.29) is 18.3 Å². The summed E-state index contributed by atoms with van der Waals surface area (Å²) in [5.74, 6) is 0.120. The lowest BCUT2D eigenvalue weighted by molar-refractivity contribution is -0.0163. The Balaban J connectivity index is 1.58. The van der Waals surface area contributed by atoms with Gasteiger partial charge < -0.3 is 14.7 Å². The zero-order valence-corrected chi connectivity index (χ0v) is 14.8. The summed E-state index contributed by atoms with van der Waals surface area (Å²) in [7, 11) is 0. The number of carbonyl (C=O) groups is 1. The molecule has 5 nitrogen and oxygen atoms in total. The number of benzene rings is 1. The molecule has 1 atom stereocenters. The first kappa shape index (κ1) is 18.3. The molecule has 1 saturated heterocycles. The number of aromatic nitrogens is 1. The molecule has 1 aromatic heterocycles. The van der Waals surface area contributed by atoms with Crippen molar-refractivity contribution in [2.45, 2.75) is 31.8 Å². The highest BCUT2D eigenvalue weighted by Gasteiger charge is 2.32. The first-order valence-electron chi connectivity index (χ1n) is 8.78. The third-order valence-corrected chi connectivity index (χ3v) is 4.68. The molecule has 1 amide bonds. The molecule has 26 heavy (non-hydrogen) atoms. The van der Waals surface area contributed by atoms with Gasteiger partial charge in [-0.25, -0.2) is 4.39 Å². The number of carbonyl (C=O) groups excluding carboxylic acids is 1. The van der Waals surface area contributed by atoms with Crippen LogP contribution in [0.25, 0.3) is 0 Å². The zero-order valence-electron chi connectivity index (χ0n) is 14.8. The van der Waals surface area contributed by atoms with Gasteiger partial charge in [-0.05, 0) is 62.6 Å². The average Bonchev–Trinajstić information content (AvgIpc) is 2.84. The Labute approximate surface area is 152 Å². The van der Waals surface area contributed by atoms with Gasteiger partial charge in [0.15, 0.2) is 0 Å². The lowest BCUT2D eigenvalue weighted by atomic mass is 9.96. The van der Waals surface area contributed by atoms with Crippen LogP contribution in [0.5, 0.6) is 5.75 Å². The molecular formula is C20H23FN2O3. The number of nitrogens with zero attached hydrogens (tertiary/aromatic N) is 2. The molecule has 1 fully saturated rings. The van der Waals surface area contributed by atoms with Crippen molar-refractivity contribution in [1.29, 1.82) is 0 Å². The molecule has 1 aliphatic heterocycles. The maximum atomic E-state index is 12.9. The van der Waals surface area contributed by atoms with Gasteiger partial charge in [0.2, 0.25) is 0 Å². The van der Waals surface area contributed by atoms with E-state index < -0.39 is 5.60 Å². The molecule has 0 saturated carbocycles. The van der Waals surface area contributed by atoms with E-state index in [0.717, 1.165) is 5.69 Å². The van der Waals surface area contributed by atoms with Gasteiger partial charge in [0.25, 0.3) is 5.91 Å². The lowest BCUT2D eigenvalue weighted by Gasteiger charge is -2.27. The van der Waals surface area contributed by atoms with Crippen LogP contribution < -0.4 is 4.74 Å². The maximum absolute atomic E-state index is 12.9. The fourth-order valence-corrected chi connectivity index (χ4v) is 3.05. The molecule has 6 heteroatoms. The first-order chi connectivity index (χ1) is 12.5. The molecule has 0 spiro atoms. The van der Waals surface area contributed by atoms with Crippen molar-refractivity contribution in [2.24, 2.45) is 0 Å². The standard InChI is InChI=1S/C20H23FN2O3/c1-15-3-4-16(13-22-15)19(24)23-11-2-9-20(25,10-12-23)14-26-18-7-5-17(21)6-8-18/h3-8,13,25H,2,9-12,14H2,1H3. The minimum Gasteiger partial charge on any atom is -0.491 e. The van der Waals surface area contributed by atoms with Crippen molar-refractivity contribution in [2.75, 3.05) is 19.7 Å². The number of likely N-dealkylation sites (tertiary alicyclic amines) is 1. The molecule has 2 heterocycles. The summed E-state index contributed by atoms with van der Waals surface area (Å²) >= 11 is 0. The summed E-state index contributed by atoms with van der Waals surface area (Å²) in [6.45, 7) is 3.04. The normalized spacial score (nSPS) is 20.5. The molecule has 2 aromatic rings. The van der Waals surface area contributed by atoms with Gasteiger partial charge in [-0.3, -0.25) is 9.78 Å². The second-order valence-corrected chi connectivity index (χ2v) is 6.80. The molecule has 0 aliphatic carbocycles. The van der Waals surface area contributed by atoms with Crippen LogP contribution >= 0.6 is 0 Å². The van der Waals surface area contributed by atoms with Crippen LogP contribution in [0.3, 0.4) is 0 Å². The molecule has 1 aliphatic rings. The van der Waals surface area contributed by atoms with Crippen LogP contribution in [-0.2, 0) is 0 Å². The molecule has 1 aromatic carbocycles. The van der Waals surface area contributed by atoms with Crippen LogP contribution in [0.15, 0.2) is 42.6 Å². The van der Waals surface area contributed by atoms with Crippen molar-refractivity contribution in [1.82, 2.24) is 9.88 Å². The number of amides is 1. The number of halogens is 1. The summed E-state index contributed by atoms with van der Waals surface area (Å²) in [4.78, 5) is 18.5. The monoisotopic (exact) mass is 358 g/mol. The number of aliphatic hydroxyl groups is 1. The average molecular weight is 358 g/mol. The van der Waals surface area contributed by atoms with Gasteiger partial charge in [-0.15, -0.1) is 0 Å². The first-order valence-corrected chi connectivity index (χ1v) is 8.78. The van der Waals surface area contributed by atoms with Crippen LogP contribution in [-0.4, -0.2) is 46.2 Å². The Morgan fingerprint density at radius 2 is 2.00 bits per heavy atom. The molecule has 0 radical (unpaired) electrons. The van der Waals surface area contributed by atoms with Crippen LogP contribution in [0.2, 0.25) is 0 Å². The zero-order chi connectivity index (χ0) is 18.6. The van der Waals surface area contributed by atoms with Crippen LogP contribution in [0.4, 0.5) is 4.39 Å². The minimum absolute atomic E-state index is 0.0683. The van der Waals surface area contributed by atoms with Gasteiger partial charge in [0, 0.05) is 25.0 Å². The Morgan fingerprint density at radius 3 is 2.69 bits per heavy atom. The van der Waals surface area contributed by atoms with E-state index in [1.54, 1.807) is 17.2 Å². The van der Waals surface area contributed by atoms with Gasteiger partial charge in [0.05, 0.1) is 5.56 Å². The molecule has 3 rings (SSSR count). The van der Waals surface area contributed by atoms with E-state index >= 15 is 0 Å². The van der Waals surface area contributed by atoms with E-state index in [0.29, 0.717) is 43.7 Å². The number of hydrogen-bond acceptors (Lipinski definition) is 4. The highest BCUT2D eigenvalue weighted by Crippen LogP contribution is 2.25. The summed E-state index contributed by atoms with van der Waals surface area (Å²) < 4.78 is 18.6. The van der Waals surface area contributed by atoms with Crippen LogP contribution in [0, 0.1) is 12.7 Å². The largest absolute Gasteiger partial charge is 0.491 e. The molecule has 1 N–H and O–H groups in total. The van der Waals surface area contributed by atoms with Crippen LogP contribution in [0.1, 0.15) is 35.3 Å². The van der Waals surface area contributed by atoms with E-state index in [9.17, 15) is 14.3 Å². The predicted octanol–water partition coefficient (Wildman–Crippen LogP) is 2.97. The van der Waals surface area contributed by atoms with Gasteiger partial charge in [-0.2, -0.15) is 0 Å². The smallest absolute Gasteiger partial charge is 0.255 e. The third kappa shape index (κ3) is 4.58. The topological polar surface area (TPSA) is 62.7 Å². The maximum Gasteiger partial charge on any atom is 0.255 e. The number of hydrogen-bond donors (Lipinski definition) is 1. The van der Waals surface area contributed by atoms with Crippen molar-refractivity contribution in [3.8, 4) is 5.75 Å². The number of rotatable bonds is 4. The van der Waals surface area contributed by atoms with Gasteiger partial charge >= 0.3 is 0 Å². The second-order valence-electron chi connectivity index (χ2n) is 6.80. The van der Waals surface area contributed by atoms with Gasteiger partial charge in [-0.1, -0.05) is 0 Å². The highest BCUT2D eigenvalue weighted by molar-refractivity contribution is 5.93. The second kappa shape index (κ2) is 7.83. The molecular weight excluding hydrogens is 335 g/mol. The lowest BCUT2D eigenvalue weighted by Crippen LogP contribution is -2.38. The number of aryl methyl sites for hydroxylation is 1. The minimum atomic E-state index is -1.01. The van der Waals surface area contributed by atoms with Crippen molar-refractivity contribution < 1.29 is 19.0 Å². The highest BCUT2D eigenvalue weighted by atomic mass is 19.1.